The molecular formula is C41H51ClN6O4. The highest BCUT2D eigenvalue weighted by Crippen LogP contribution is 2.37. The molecule has 0 radical (unpaired) electrons. The molecule has 2 aromatic heterocycles. The molecular weight excluding hydrogens is 676 g/mol. The molecule has 11 heteroatoms. The number of benzene rings is 2. The fourth-order valence-corrected chi connectivity index (χ4v) is 8.08. The van der Waals surface area contributed by atoms with Gasteiger partial charge in [-0.15, -0.1) is 0 Å². The first-order valence-electron chi connectivity index (χ1n) is 18.5. The van der Waals surface area contributed by atoms with Crippen LogP contribution < -0.4 is 20.9 Å². The summed E-state index contributed by atoms with van der Waals surface area (Å²) < 4.78 is 7.47. The quantitative estimate of drug-likeness (QED) is 0.147. The Balaban J connectivity index is 0.955. The van der Waals surface area contributed by atoms with Crippen molar-refractivity contribution >= 4 is 40.3 Å². The fourth-order valence-electron chi connectivity index (χ4n) is 7.81. The highest BCUT2D eigenvalue weighted by atomic mass is 35.5. The largest absolute Gasteiger partial charge is 0.496 e. The Labute approximate surface area is 311 Å². The number of nitrogens with zero attached hydrogens (tertiary/aromatic N) is 4. The summed E-state index contributed by atoms with van der Waals surface area (Å²) in [4.78, 5) is 45.0. The molecule has 4 heterocycles. The van der Waals surface area contributed by atoms with Crippen molar-refractivity contribution in [2.75, 3.05) is 52.2 Å². The van der Waals surface area contributed by atoms with Crippen LogP contribution in [0.2, 0.25) is 5.02 Å². The van der Waals surface area contributed by atoms with Gasteiger partial charge < -0.3 is 29.6 Å². The Kier molecular flexibility index (Phi) is 12.6. The number of pyridine rings is 2. The van der Waals surface area contributed by atoms with Gasteiger partial charge in [0.25, 0.3) is 5.56 Å². The van der Waals surface area contributed by atoms with Crippen molar-refractivity contribution in [2.24, 2.45) is 13.0 Å². The highest BCUT2D eigenvalue weighted by molar-refractivity contribution is 6.32. The number of carbonyl (C=O) groups is 2. The zero-order valence-electron chi connectivity index (χ0n) is 30.6. The number of ether oxygens (including phenoxy) is 1. The number of rotatable bonds is 14. The molecule has 2 N–H and O–H groups in total. The van der Waals surface area contributed by atoms with Gasteiger partial charge in [0.05, 0.1) is 18.5 Å². The molecule has 2 saturated heterocycles. The molecule has 2 aliphatic heterocycles. The number of methoxy groups -OCH3 is 1. The molecule has 0 spiro atoms. The lowest BCUT2D eigenvalue weighted by atomic mass is 9.88. The predicted molar refractivity (Wildman–Crippen MR) is 208 cm³/mol. The van der Waals surface area contributed by atoms with Crippen LogP contribution in [0.25, 0.3) is 21.9 Å². The highest BCUT2D eigenvalue weighted by Gasteiger charge is 2.25. The Bertz CT molecular complexity index is 1900. The van der Waals surface area contributed by atoms with E-state index in [2.05, 4.69) is 49.7 Å². The second-order valence-corrected chi connectivity index (χ2v) is 14.8. The molecule has 0 aliphatic carbocycles. The molecule has 4 aromatic rings. The van der Waals surface area contributed by atoms with E-state index in [9.17, 15) is 14.4 Å². The van der Waals surface area contributed by atoms with Gasteiger partial charge in [0, 0.05) is 67.5 Å². The summed E-state index contributed by atoms with van der Waals surface area (Å²) >= 11 is 6.95. The number of fused-ring (bicyclic) bond motifs is 1. The van der Waals surface area contributed by atoms with Crippen molar-refractivity contribution in [2.45, 2.75) is 63.5 Å². The van der Waals surface area contributed by atoms with Gasteiger partial charge in [-0.1, -0.05) is 23.7 Å². The summed E-state index contributed by atoms with van der Waals surface area (Å²) in [5.41, 5.74) is 5.01. The number of hydrogen-bond donors (Lipinski definition) is 2. The van der Waals surface area contributed by atoms with Gasteiger partial charge in [-0.3, -0.25) is 19.5 Å². The maximum Gasteiger partial charge on any atom is 0.259 e. The second-order valence-electron chi connectivity index (χ2n) is 14.4. The first-order valence-corrected chi connectivity index (χ1v) is 18.9. The number of amides is 1. The number of nitrogens with one attached hydrogen (secondary N) is 2. The minimum Gasteiger partial charge on any atom is -0.496 e. The molecule has 1 amide bonds. The normalized spacial score (nSPS) is 16.8. The first kappa shape index (κ1) is 37.5. The number of hydrogen-bond acceptors (Lipinski definition) is 8. The van der Waals surface area contributed by atoms with Gasteiger partial charge in [-0.25, -0.2) is 0 Å². The number of carbonyl (C=O) groups excluding carboxylic acids is 2. The van der Waals surface area contributed by atoms with E-state index in [0.29, 0.717) is 29.2 Å². The van der Waals surface area contributed by atoms with E-state index in [0.717, 1.165) is 97.8 Å². The number of aldehydes is 1. The summed E-state index contributed by atoms with van der Waals surface area (Å²) in [5, 5.41) is 7.94. The van der Waals surface area contributed by atoms with Crippen LogP contribution in [0.15, 0.2) is 65.8 Å². The second kappa shape index (κ2) is 17.5. The monoisotopic (exact) mass is 726 g/mol. The van der Waals surface area contributed by atoms with Gasteiger partial charge in [-0.2, -0.15) is 0 Å². The zero-order valence-corrected chi connectivity index (χ0v) is 31.3. The molecule has 0 saturated carbocycles. The molecule has 276 valence electrons. The summed E-state index contributed by atoms with van der Waals surface area (Å²) in [5.74, 6) is 1.99. The molecule has 6 rings (SSSR count). The average molecular weight is 727 g/mol. The number of aryl methyl sites for hydroxylation is 1. The number of likely N-dealkylation sites (tertiary alicyclic amines) is 2. The minimum atomic E-state index is -0.376. The summed E-state index contributed by atoms with van der Waals surface area (Å²) in [6.45, 7) is 6.22. The fraction of sp³-hybridized carbons (Fsp3) is 0.463. The van der Waals surface area contributed by atoms with Crippen LogP contribution in [0.3, 0.4) is 0 Å². The van der Waals surface area contributed by atoms with Crippen molar-refractivity contribution in [1.82, 2.24) is 24.7 Å². The van der Waals surface area contributed by atoms with E-state index >= 15 is 0 Å². The first-order chi connectivity index (χ1) is 25.3. The van der Waals surface area contributed by atoms with E-state index in [-0.39, 0.29) is 17.5 Å². The average Bonchev–Trinajstić information content (AvgIpc) is 3.18. The van der Waals surface area contributed by atoms with Crippen molar-refractivity contribution < 1.29 is 14.3 Å². The Hall–Kier alpha value is -4.25. The lowest BCUT2D eigenvalue weighted by molar-refractivity contribution is -0.120. The van der Waals surface area contributed by atoms with Gasteiger partial charge in [-0.05, 0) is 130 Å². The predicted octanol–water partition coefficient (Wildman–Crippen LogP) is 6.25. The molecule has 1 unspecified atom stereocenters. The third-order valence-corrected chi connectivity index (χ3v) is 11.4. The topological polar surface area (TPSA) is 109 Å². The number of piperidine rings is 2. The van der Waals surface area contributed by atoms with E-state index in [4.69, 9.17) is 16.3 Å². The third kappa shape index (κ3) is 9.03. The molecule has 2 fully saturated rings. The summed E-state index contributed by atoms with van der Waals surface area (Å²) in [6, 6.07) is 14.0. The number of anilines is 1. The molecule has 52 heavy (non-hydrogen) atoms. The van der Waals surface area contributed by atoms with Crippen molar-refractivity contribution in [1.29, 1.82) is 0 Å². The van der Waals surface area contributed by atoms with Crippen LogP contribution in [0.5, 0.6) is 5.75 Å². The van der Waals surface area contributed by atoms with Crippen LogP contribution in [0.1, 0.15) is 62.0 Å². The van der Waals surface area contributed by atoms with Gasteiger partial charge in [0.2, 0.25) is 5.91 Å². The van der Waals surface area contributed by atoms with E-state index in [1.165, 1.54) is 24.8 Å². The standard InChI is InChI=1S/C41H51ClN6O4/c1-43-40(50)9-8-33(27-49)45-32-6-4-29(5-7-32)30-14-20-47(21-15-30)17-11-28-12-18-48(19-13-28)26-37-38(42)22-31(23-39(37)52-3)36-25-46(2)41(51)35-24-44-16-10-34(35)36/h4-7,10,16,22-25,27-28,30,33,45H,8-9,11-15,17-21,26H2,1-3H3,(H,43,50). The zero-order chi connectivity index (χ0) is 36.6. The minimum absolute atomic E-state index is 0.0594. The van der Waals surface area contributed by atoms with Crippen LogP contribution in [-0.4, -0.2) is 84.5 Å². The Morgan fingerprint density at radius 1 is 1.04 bits per heavy atom. The van der Waals surface area contributed by atoms with Crippen molar-refractivity contribution in [3.8, 4) is 16.9 Å². The van der Waals surface area contributed by atoms with Crippen LogP contribution >= 0.6 is 11.6 Å². The van der Waals surface area contributed by atoms with Crippen LogP contribution in [0.4, 0.5) is 5.69 Å². The van der Waals surface area contributed by atoms with Crippen LogP contribution in [0, 0.1) is 5.92 Å². The third-order valence-electron chi connectivity index (χ3n) is 11.1. The number of aromatic nitrogens is 2. The van der Waals surface area contributed by atoms with E-state index in [1.54, 1.807) is 38.2 Å². The Morgan fingerprint density at radius 2 is 1.77 bits per heavy atom. The van der Waals surface area contributed by atoms with Gasteiger partial charge in [0.1, 0.15) is 12.0 Å². The summed E-state index contributed by atoms with van der Waals surface area (Å²) in [7, 11) is 5.06. The molecule has 2 aromatic carbocycles. The Morgan fingerprint density at radius 3 is 2.46 bits per heavy atom. The lowest BCUT2D eigenvalue weighted by Crippen LogP contribution is -2.37. The smallest absolute Gasteiger partial charge is 0.259 e. The van der Waals surface area contributed by atoms with E-state index < -0.39 is 0 Å². The van der Waals surface area contributed by atoms with Crippen molar-refractivity contribution in [3.05, 3.63) is 87.6 Å². The SMILES string of the molecule is CNC(=O)CCC(C=O)Nc1ccc(C2CCN(CCC3CCN(Cc4c(Cl)cc(-c5cn(C)c(=O)c6cnccc56)cc4OC)CC3)CC2)cc1. The summed E-state index contributed by atoms with van der Waals surface area (Å²) in [6.07, 6.45) is 12.8. The molecule has 2 aliphatic rings. The molecule has 0 bridgehead atoms. The van der Waals surface area contributed by atoms with Crippen molar-refractivity contribution in [3.63, 3.8) is 0 Å². The lowest BCUT2D eigenvalue weighted by Gasteiger charge is -2.35. The maximum absolute atomic E-state index is 12.7. The van der Waals surface area contributed by atoms with E-state index in [1.807, 2.05) is 24.4 Å². The van der Waals surface area contributed by atoms with Gasteiger partial charge in [0.15, 0.2) is 0 Å². The van der Waals surface area contributed by atoms with Gasteiger partial charge >= 0.3 is 0 Å². The van der Waals surface area contributed by atoms with Crippen LogP contribution in [-0.2, 0) is 23.2 Å². The molecule has 1 atom stereocenters. The maximum atomic E-state index is 12.7. The molecule has 10 nitrogen and oxygen atoms in total. The number of halogens is 1.